The number of fused-ring (bicyclic) bond motifs is 3. The number of nitrogens with zero attached hydrogens (tertiary/aromatic N) is 2. The largest absolute Gasteiger partial charge is 0.471 e. The molecule has 0 aromatic heterocycles. The zero-order chi connectivity index (χ0) is 22.0. The summed E-state index contributed by atoms with van der Waals surface area (Å²) in [4.78, 5) is 11.5. The number of aliphatic imine (C=N–C) groups is 1. The zero-order valence-corrected chi connectivity index (χ0v) is 15.8. The van der Waals surface area contributed by atoms with Crippen molar-refractivity contribution in [3.05, 3.63) is 58.9 Å². The number of hydrogen-bond acceptors (Lipinski definition) is 7. The number of rotatable bonds is 3. The molecule has 3 aliphatic heterocycles. The molecule has 31 heavy (non-hydrogen) atoms. The van der Waals surface area contributed by atoms with Crippen LogP contribution in [0.2, 0.25) is 0 Å². The fourth-order valence-electron chi connectivity index (χ4n) is 3.58. The van der Waals surface area contributed by atoms with Crippen LogP contribution in [-0.2, 0) is 11.0 Å². The molecular formula is C19H14F5N5O2. The Kier molecular flexibility index (Phi) is 4.06. The molecule has 3 N–H and O–H groups in total. The summed E-state index contributed by atoms with van der Waals surface area (Å²) >= 11 is 0. The minimum atomic E-state index is -5.17. The van der Waals surface area contributed by atoms with Crippen molar-refractivity contribution in [1.29, 1.82) is 0 Å². The smallest absolute Gasteiger partial charge is 0.422 e. The Morgan fingerprint density at radius 1 is 1.16 bits per heavy atom. The molecule has 2 bridgehead atoms. The molecule has 0 radical (unpaired) electrons. The lowest BCUT2D eigenvalue weighted by atomic mass is 10.1. The Morgan fingerprint density at radius 3 is 2.61 bits per heavy atom. The molecule has 12 heteroatoms. The van der Waals surface area contributed by atoms with Crippen LogP contribution in [0.15, 0.2) is 46.7 Å². The van der Waals surface area contributed by atoms with Gasteiger partial charge in [0.2, 0.25) is 0 Å². The first-order valence-corrected chi connectivity index (χ1v) is 9.03. The number of ether oxygens (including phenoxy) is 1. The van der Waals surface area contributed by atoms with Gasteiger partial charge in [-0.2, -0.15) is 13.2 Å². The van der Waals surface area contributed by atoms with Crippen molar-refractivity contribution in [1.82, 2.24) is 5.48 Å². The third-order valence-electron chi connectivity index (χ3n) is 4.97. The number of nitrogens with one attached hydrogen (secondary N) is 3. The molecule has 0 amide bonds. The van der Waals surface area contributed by atoms with Crippen LogP contribution in [0, 0.1) is 11.6 Å². The van der Waals surface area contributed by atoms with Gasteiger partial charge in [0.05, 0.1) is 11.4 Å². The fourth-order valence-corrected chi connectivity index (χ4v) is 3.58. The molecule has 5 rings (SSSR count). The third kappa shape index (κ3) is 3.02. The number of alkyl halides is 3. The van der Waals surface area contributed by atoms with Crippen molar-refractivity contribution in [3.63, 3.8) is 0 Å². The molecule has 2 aromatic carbocycles. The van der Waals surface area contributed by atoms with Crippen molar-refractivity contribution in [3.8, 4) is 5.75 Å². The molecule has 162 valence electrons. The Bertz CT molecular complexity index is 1130. The van der Waals surface area contributed by atoms with E-state index in [9.17, 15) is 22.0 Å². The summed E-state index contributed by atoms with van der Waals surface area (Å²) < 4.78 is 72.3. The van der Waals surface area contributed by atoms with Gasteiger partial charge in [0.25, 0.3) is 0 Å². The number of benzene rings is 2. The molecular weight excluding hydrogens is 425 g/mol. The van der Waals surface area contributed by atoms with E-state index in [1.807, 2.05) is 0 Å². The van der Waals surface area contributed by atoms with Gasteiger partial charge in [0.1, 0.15) is 28.8 Å². The van der Waals surface area contributed by atoms with E-state index in [4.69, 9.17) is 9.57 Å². The SMILES string of the molecule is CC1=C2NOC(Nc3cc(F)c(C(F)(F)F)c(F)c3)(N=C1)N2c1ccc2c(c1)NCO2. The highest BCUT2D eigenvalue weighted by molar-refractivity contribution is 5.85. The first-order chi connectivity index (χ1) is 14.7. The molecule has 0 spiro atoms. The van der Waals surface area contributed by atoms with E-state index in [1.54, 1.807) is 30.0 Å². The molecule has 0 saturated carbocycles. The predicted octanol–water partition coefficient (Wildman–Crippen LogP) is 4.13. The number of allylic oxidation sites excluding steroid dienone is 1. The highest BCUT2D eigenvalue weighted by Crippen LogP contribution is 2.43. The summed E-state index contributed by atoms with van der Waals surface area (Å²) in [5, 5.41) is 5.74. The van der Waals surface area contributed by atoms with Crippen LogP contribution in [0.4, 0.5) is 39.0 Å². The van der Waals surface area contributed by atoms with E-state index in [-0.39, 0.29) is 5.69 Å². The van der Waals surface area contributed by atoms with Crippen LogP contribution in [0.5, 0.6) is 5.75 Å². The van der Waals surface area contributed by atoms with E-state index in [2.05, 4.69) is 21.1 Å². The Morgan fingerprint density at radius 2 is 1.90 bits per heavy atom. The molecule has 1 saturated heterocycles. The van der Waals surface area contributed by atoms with Gasteiger partial charge in [0.15, 0.2) is 6.73 Å². The van der Waals surface area contributed by atoms with Crippen LogP contribution in [0.25, 0.3) is 0 Å². The second kappa shape index (κ2) is 6.48. The molecule has 1 atom stereocenters. The van der Waals surface area contributed by atoms with Crippen LogP contribution in [-0.4, -0.2) is 18.9 Å². The minimum Gasteiger partial charge on any atom is -0.471 e. The number of hydrogen-bond donors (Lipinski definition) is 3. The average Bonchev–Trinajstić information content (AvgIpc) is 3.25. The number of anilines is 3. The maximum atomic E-state index is 14.1. The van der Waals surface area contributed by atoms with Gasteiger partial charge < -0.3 is 15.4 Å². The summed E-state index contributed by atoms with van der Waals surface area (Å²) in [6.45, 7) is 2.07. The highest BCUT2D eigenvalue weighted by Gasteiger charge is 2.50. The monoisotopic (exact) mass is 439 g/mol. The molecule has 2 aromatic rings. The average molecular weight is 439 g/mol. The maximum Gasteiger partial charge on any atom is 0.422 e. The van der Waals surface area contributed by atoms with Gasteiger partial charge >= 0.3 is 12.1 Å². The Hall–Kier alpha value is -3.54. The molecule has 1 fully saturated rings. The van der Waals surface area contributed by atoms with Gasteiger partial charge in [-0.05, 0) is 37.3 Å². The lowest BCUT2D eigenvalue weighted by Gasteiger charge is -2.36. The summed E-state index contributed by atoms with van der Waals surface area (Å²) in [5.74, 6) is -4.11. The second-order valence-corrected chi connectivity index (χ2v) is 7.02. The van der Waals surface area contributed by atoms with Gasteiger partial charge in [0, 0.05) is 17.5 Å². The fraction of sp³-hybridized carbons (Fsp3) is 0.211. The Labute approximate surface area is 172 Å². The highest BCUT2D eigenvalue weighted by atomic mass is 19.4. The maximum absolute atomic E-state index is 14.1. The zero-order valence-electron chi connectivity index (χ0n) is 15.8. The van der Waals surface area contributed by atoms with Crippen molar-refractivity contribution in [2.75, 3.05) is 22.3 Å². The van der Waals surface area contributed by atoms with E-state index in [0.717, 1.165) is 0 Å². The molecule has 1 unspecified atom stereocenters. The first-order valence-electron chi connectivity index (χ1n) is 9.03. The van der Waals surface area contributed by atoms with E-state index < -0.39 is 29.3 Å². The molecule has 3 heterocycles. The van der Waals surface area contributed by atoms with Crippen LogP contribution in [0.1, 0.15) is 12.5 Å². The van der Waals surface area contributed by atoms with E-state index in [0.29, 0.717) is 47.4 Å². The van der Waals surface area contributed by atoms with Crippen molar-refractivity contribution < 1.29 is 31.5 Å². The van der Waals surface area contributed by atoms with E-state index in [1.165, 1.54) is 6.21 Å². The van der Waals surface area contributed by atoms with Gasteiger partial charge in [-0.25, -0.2) is 24.1 Å². The summed E-state index contributed by atoms with van der Waals surface area (Å²) in [5.41, 5.74) is 2.44. The van der Waals surface area contributed by atoms with Crippen molar-refractivity contribution in [2.24, 2.45) is 4.99 Å². The van der Waals surface area contributed by atoms with Gasteiger partial charge in [-0.1, -0.05) is 0 Å². The van der Waals surface area contributed by atoms with E-state index >= 15 is 0 Å². The van der Waals surface area contributed by atoms with Gasteiger partial charge in [-0.15, -0.1) is 0 Å². The lowest BCUT2D eigenvalue weighted by Crippen LogP contribution is -2.51. The van der Waals surface area contributed by atoms with Crippen molar-refractivity contribution >= 4 is 23.3 Å². The molecule has 0 aliphatic carbocycles. The third-order valence-corrected chi connectivity index (χ3v) is 4.97. The summed E-state index contributed by atoms with van der Waals surface area (Å²) in [6.07, 6.45) is -3.69. The normalized spacial score (nSPS) is 21.5. The van der Waals surface area contributed by atoms with Crippen LogP contribution < -0.4 is 25.8 Å². The molecule has 7 nitrogen and oxygen atoms in total. The standard InChI is InChI=1S/C19H14F5N5O2/c1-9-7-26-19(27-10-4-12(20)16(13(21)5-10)18(22,23)24)29(17(9)28-31-19)11-2-3-15-14(6-11)25-8-30-15/h2-7,25,27-28H,8H2,1H3. The van der Waals surface area contributed by atoms with Crippen LogP contribution >= 0.6 is 0 Å². The molecule has 3 aliphatic rings. The summed E-state index contributed by atoms with van der Waals surface area (Å²) in [7, 11) is 0. The second-order valence-electron chi connectivity index (χ2n) is 7.02. The predicted molar refractivity (Wildman–Crippen MR) is 101 cm³/mol. The Balaban J connectivity index is 1.56. The summed E-state index contributed by atoms with van der Waals surface area (Å²) in [6, 6.07) is 6.29. The van der Waals surface area contributed by atoms with Gasteiger partial charge in [-0.3, -0.25) is 4.90 Å². The number of hydroxylamine groups is 1. The van der Waals surface area contributed by atoms with Crippen LogP contribution in [0.3, 0.4) is 0 Å². The quantitative estimate of drug-likeness (QED) is 0.625. The minimum absolute atomic E-state index is 0.296. The lowest BCUT2D eigenvalue weighted by molar-refractivity contribution is -0.142. The van der Waals surface area contributed by atoms with Crippen molar-refractivity contribution in [2.45, 2.75) is 19.1 Å². The number of halogens is 5. The first kappa shape index (κ1) is 19.4. The topological polar surface area (TPSA) is 70.2 Å².